The summed E-state index contributed by atoms with van der Waals surface area (Å²) in [5.74, 6) is 1.15. The van der Waals surface area contributed by atoms with E-state index in [4.69, 9.17) is 4.74 Å². The number of nitrogens with zero attached hydrogens (tertiary/aromatic N) is 1. The smallest absolute Gasteiger partial charge is 0.260 e. The fraction of sp³-hybridized carbons (Fsp3) is 0.240. The lowest BCUT2D eigenvalue weighted by atomic mass is 9.88. The molecule has 0 saturated heterocycles. The van der Waals surface area contributed by atoms with E-state index in [9.17, 15) is 0 Å². The molecule has 0 N–H and O–H groups in total. The molecule has 0 amide bonds. The van der Waals surface area contributed by atoms with Gasteiger partial charge in [-0.3, -0.25) is 0 Å². The van der Waals surface area contributed by atoms with Gasteiger partial charge in [0, 0.05) is 11.5 Å². The van der Waals surface area contributed by atoms with Crippen LogP contribution in [0.1, 0.15) is 36.5 Å². The third-order valence-electron chi connectivity index (χ3n) is 6.11. The Morgan fingerprint density at radius 1 is 1.04 bits per heavy atom. The van der Waals surface area contributed by atoms with Gasteiger partial charge in [0.2, 0.25) is 11.3 Å². The molecule has 4 aromatic rings. The average Bonchev–Trinajstić information content (AvgIpc) is 2.69. The molecule has 0 fully saturated rings. The van der Waals surface area contributed by atoms with Gasteiger partial charge in [-0.2, -0.15) is 4.57 Å². The highest BCUT2D eigenvalue weighted by Gasteiger charge is 2.35. The molecule has 28 heavy (non-hydrogen) atoms. The number of hydrogen-bond donors (Lipinski definition) is 0. The summed E-state index contributed by atoms with van der Waals surface area (Å²) in [5, 5.41) is 2.80. The fourth-order valence-corrected chi connectivity index (χ4v) is 4.41. The summed E-state index contributed by atoms with van der Waals surface area (Å²) in [7, 11) is 1.99. The molecule has 0 atom stereocenters. The quantitative estimate of drug-likeness (QED) is 0.307. The Balaban J connectivity index is 2.01. The zero-order chi connectivity index (χ0) is 19.7. The van der Waals surface area contributed by atoms with Crippen LogP contribution in [0.2, 0.25) is 0 Å². The molecule has 0 bridgehead atoms. The second-order valence-electron chi connectivity index (χ2n) is 8.14. The SMILES string of the molecule is Cc1cc2cc(C(C)C)cc3c2c(c1C)-c1c(c(F)c2ccccc2[n+]1C)O3. The highest BCUT2D eigenvalue weighted by atomic mass is 19.1. The van der Waals surface area contributed by atoms with E-state index >= 15 is 4.39 Å². The summed E-state index contributed by atoms with van der Waals surface area (Å²) in [6.07, 6.45) is 0. The largest absolute Gasteiger partial charge is 0.447 e. The first-order chi connectivity index (χ1) is 13.4. The Kier molecular flexibility index (Phi) is 3.54. The van der Waals surface area contributed by atoms with E-state index in [1.165, 1.54) is 16.7 Å². The maximum Gasteiger partial charge on any atom is 0.260 e. The van der Waals surface area contributed by atoms with E-state index in [2.05, 4.69) is 50.5 Å². The van der Waals surface area contributed by atoms with Gasteiger partial charge in [-0.25, -0.2) is 4.39 Å². The van der Waals surface area contributed by atoms with Crippen molar-refractivity contribution in [2.24, 2.45) is 7.05 Å². The maximum absolute atomic E-state index is 15.6. The number of benzene rings is 3. The zero-order valence-electron chi connectivity index (χ0n) is 16.9. The van der Waals surface area contributed by atoms with Crippen LogP contribution >= 0.6 is 0 Å². The predicted octanol–water partition coefficient (Wildman–Crippen LogP) is 6.47. The van der Waals surface area contributed by atoms with E-state index in [-0.39, 0.29) is 5.82 Å². The molecule has 0 spiro atoms. The van der Waals surface area contributed by atoms with Crippen LogP contribution in [0.4, 0.5) is 4.39 Å². The van der Waals surface area contributed by atoms with Gasteiger partial charge >= 0.3 is 0 Å². The van der Waals surface area contributed by atoms with E-state index in [1.807, 2.05) is 31.3 Å². The molecule has 3 aromatic carbocycles. The summed E-state index contributed by atoms with van der Waals surface area (Å²) in [4.78, 5) is 0. The Morgan fingerprint density at radius 2 is 1.79 bits per heavy atom. The minimum Gasteiger partial charge on any atom is -0.447 e. The molecule has 0 aliphatic carbocycles. The van der Waals surface area contributed by atoms with Crippen LogP contribution in [0, 0.1) is 19.7 Å². The number of fused-ring (bicyclic) bond motifs is 3. The van der Waals surface area contributed by atoms with E-state index in [0.717, 1.165) is 33.3 Å². The molecule has 1 aliphatic rings. The summed E-state index contributed by atoms with van der Waals surface area (Å²) in [6, 6.07) is 14.1. The molecule has 1 aromatic heterocycles. The number of aryl methyl sites for hydroxylation is 2. The molecule has 0 unspecified atom stereocenters. The Bertz CT molecular complexity index is 1300. The number of ether oxygens (including phenoxy) is 1. The van der Waals surface area contributed by atoms with Crippen molar-refractivity contribution in [2.75, 3.05) is 0 Å². The molecule has 2 heterocycles. The first kappa shape index (κ1) is 17.2. The number of rotatable bonds is 1. The van der Waals surface area contributed by atoms with Crippen LogP contribution in [-0.4, -0.2) is 0 Å². The summed E-state index contributed by atoms with van der Waals surface area (Å²) in [6.45, 7) is 8.58. The highest BCUT2D eigenvalue weighted by Crippen LogP contribution is 2.50. The minimum absolute atomic E-state index is 0.293. The first-order valence-electron chi connectivity index (χ1n) is 9.74. The number of para-hydroxylation sites is 1. The van der Waals surface area contributed by atoms with Crippen LogP contribution in [0.15, 0.2) is 42.5 Å². The predicted molar refractivity (Wildman–Crippen MR) is 112 cm³/mol. The van der Waals surface area contributed by atoms with Crippen molar-refractivity contribution in [3.05, 3.63) is 65.0 Å². The molecular formula is C25H23FNO+. The number of hydrogen-bond acceptors (Lipinski definition) is 1. The van der Waals surface area contributed by atoms with Crippen LogP contribution in [0.5, 0.6) is 11.5 Å². The topological polar surface area (TPSA) is 13.1 Å². The summed E-state index contributed by atoms with van der Waals surface area (Å²) >= 11 is 0. The monoisotopic (exact) mass is 372 g/mol. The Labute approximate surface area is 164 Å². The van der Waals surface area contributed by atoms with Crippen molar-refractivity contribution < 1.29 is 13.7 Å². The highest BCUT2D eigenvalue weighted by molar-refractivity contribution is 6.05. The van der Waals surface area contributed by atoms with Gasteiger partial charge in [0.05, 0.1) is 10.9 Å². The van der Waals surface area contributed by atoms with Crippen molar-refractivity contribution in [3.8, 4) is 22.8 Å². The number of pyridine rings is 1. The molecule has 2 nitrogen and oxygen atoms in total. The molecule has 1 aliphatic heterocycles. The van der Waals surface area contributed by atoms with Gasteiger partial charge < -0.3 is 4.74 Å². The van der Waals surface area contributed by atoms with Gasteiger partial charge in [-0.05, 0) is 54.0 Å². The zero-order valence-corrected chi connectivity index (χ0v) is 16.9. The van der Waals surface area contributed by atoms with Crippen molar-refractivity contribution in [3.63, 3.8) is 0 Å². The van der Waals surface area contributed by atoms with Crippen molar-refractivity contribution in [1.82, 2.24) is 0 Å². The minimum atomic E-state index is -0.293. The Hall–Kier alpha value is -2.94. The van der Waals surface area contributed by atoms with Gasteiger partial charge in [0.1, 0.15) is 12.8 Å². The lowest BCUT2D eigenvalue weighted by Gasteiger charge is -2.24. The normalized spacial score (nSPS) is 12.5. The van der Waals surface area contributed by atoms with Crippen LogP contribution in [-0.2, 0) is 7.05 Å². The molecule has 3 heteroatoms. The van der Waals surface area contributed by atoms with Gasteiger partial charge in [0.15, 0.2) is 5.82 Å². The van der Waals surface area contributed by atoms with Crippen molar-refractivity contribution in [2.45, 2.75) is 33.6 Å². The fourth-order valence-electron chi connectivity index (χ4n) is 4.41. The van der Waals surface area contributed by atoms with E-state index in [0.29, 0.717) is 17.1 Å². The standard InChI is InChI=1S/C25H23FNO/c1-13(2)16-11-17-10-14(3)15(4)21-22(17)20(12-16)28-25-23(26)18-8-6-7-9-19(18)27(5)24(21)25/h6-13H,1-5H3/q+1. The van der Waals surface area contributed by atoms with Crippen LogP contribution < -0.4 is 9.30 Å². The van der Waals surface area contributed by atoms with Crippen LogP contribution in [0.25, 0.3) is 32.9 Å². The second kappa shape index (κ2) is 5.78. The van der Waals surface area contributed by atoms with Gasteiger partial charge in [-0.1, -0.05) is 38.1 Å². The maximum atomic E-state index is 15.6. The number of halogens is 1. The molecule has 0 radical (unpaired) electrons. The van der Waals surface area contributed by atoms with Crippen LogP contribution in [0.3, 0.4) is 0 Å². The van der Waals surface area contributed by atoms with E-state index < -0.39 is 0 Å². The van der Waals surface area contributed by atoms with Crippen molar-refractivity contribution in [1.29, 1.82) is 0 Å². The second-order valence-corrected chi connectivity index (χ2v) is 8.14. The molecule has 5 rings (SSSR count). The summed E-state index contributed by atoms with van der Waals surface area (Å²) < 4.78 is 23.9. The van der Waals surface area contributed by atoms with Gasteiger partial charge in [0.25, 0.3) is 5.69 Å². The molecule has 140 valence electrons. The lowest BCUT2D eigenvalue weighted by molar-refractivity contribution is -0.634. The molecular weight excluding hydrogens is 349 g/mol. The third-order valence-corrected chi connectivity index (χ3v) is 6.11. The summed E-state index contributed by atoms with van der Waals surface area (Å²) in [5.41, 5.74) is 6.32. The third kappa shape index (κ3) is 2.16. The average molecular weight is 372 g/mol. The molecule has 0 saturated carbocycles. The number of aromatic nitrogens is 1. The first-order valence-corrected chi connectivity index (χ1v) is 9.74. The van der Waals surface area contributed by atoms with E-state index in [1.54, 1.807) is 0 Å². The Morgan fingerprint density at radius 3 is 2.54 bits per heavy atom. The lowest BCUT2D eigenvalue weighted by Crippen LogP contribution is -2.34. The van der Waals surface area contributed by atoms with Gasteiger partial charge in [-0.15, -0.1) is 0 Å². The van der Waals surface area contributed by atoms with Crippen molar-refractivity contribution >= 4 is 21.7 Å².